The lowest BCUT2D eigenvalue weighted by Gasteiger charge is -2.07. The highest BCUT2D eigenvalue weighted by molar-refractivity contribution is 7.89. The van der Waals surface area contributed by atoms with Crippen molar-refractivity contribution in [2.45, 2.75) is 11.5 Å². The normalized spacial score (nSPS) is 11.4. The fourth-order valence-corrected chi connectivity index (χ4v) is 3.92. The van der Waals surface area contributed by atoms with Crippen LogP contribution in [0, 0.1) is 0 Å². The zero-order chi connectivity index (χ0) is 21.1. The van der Waals surface area contributed by atoms with Gasteiger partial charge in [-0.3, -0.25) is 0 Å². The molecule has 152 valence electrons. The highest BCUT2D eigenvalue weighted by atomic mass is 35.5. The maximum atomic E-state index is 12.1. The van der Waals surface area contributed by atoms with Crippen molar-refractivity contribution in [2.24, 2.45) is 5.14 Å². The van der Waals surface area contributed by atoms with E-state index in [9.17, 15) is 8.42 Å². The summed E-state index contributed by atoms with van der Waals surface area (Å²) in [6.07, 6.45) is 0. The number of ether oxygens (including phenoxy) is 1. The fraction of sp³-hybridized carbons (Fsp3) is 0.0455. The number of hydrogen-bond acceptors (Lipinski definition) is 5. The molecule has 6 nitrogen and oxygen atoms in total. The predicted molar refractivity (Wildman–Crippen MR) is 115 cm³/mol. The molecule has 1 aromatic heterocycles. The summed E-state index contributed by atoms with van der Waals surface area (Å²) in [6, 6.07) is 22.7. The van der Waals surface area contributed by atoms with Crippen LogP contribution in [-0.4, -0.2) is 13.4 Å². The molecule has 0 radical (unpaired) electrons. The van der Waals surface area contributed by atoms with Crippen LogP contribution in [-0.2, 0) is 16.6 Å². The van der Waals surface area contributed by atoms with Crippen molar-refractivity contribution in [3.05, 3.63) is 89.8 Å². The molecular formula is C22H17ClN2O4S. The Morgan fingerprint density at radius 1 is 0.967 bits per heavy atom. The molecule has 0 spiro atoms. The first-order valence-corrected chi connectivity index (χ1v) is 10.9. The van der Waals surface area contributed by atoms with E-state index in [0.717, 1.165) is 5.56 Å². The van der Waals surface area contributed by atoms with Crippen molar-refractivity contribution in [1.29, 1.82) is 0 Å². The second-order valence-corrected chi connectivity index (χ2v) is 8.40. The highest BCUT2D eigenvalue weighted by Crippen LogP contribution is 2.36. The van der Waals surface area contributed by atoms with Crippen LogP contribution in [0.5, 0.6) is 5.75 Å². The van der Waals surface area contributed by atoms with Crippen molar-refractivity contribution >= 4 is 21.6 Å². The molecule has 0 bridgehead atoms. The van der Waals surface area contributed by atoms with E-state index in [1.54, 1.807) is 42.5 Å². The average molecular weight is 441 g/mol. The maximum Gasteiger partial charge on any atom is 0.238 e. The maximum absolute atomic E-state index is 12.1. The summed E-state index contributed by atoms with van der Waals surface area (Å²) in [5.41, 5.74) is 1.60. The SMILES string of the molecule is NS(=O)(=O)c1ccccc1-c1oc(COc2cccc(Cl)c2)nc1-c1ccccc1. The molecule has 0 aliphatic heterocycles. The minimum absolute atomic E-state index is 0.0394. The van der Waals surface area contributed by atoms with Crippen LogP contribution in [0.25, 0.3) is 22.6 Å². The number of nitrogens with zero attached hydrogens (tertiary/aromatic N) is 1. The molecular weight excluding hydrogens is 424 g/mol. The summed E-state index contributed by atoms with van der Waals surface area (Å²) in [5, 5.41) is 5.96. The molecule has 0 aliphatic carbocycles. The smallest absolute Gasteiger partial charge is 0.238 e. The number of rotatable bonds is 6. The lowest BCUT2D eigenvalue weighted by atomic mass is 10.1. The molecule has 0 fully saturated rings. The van der Waals surface area contributed by atoms with Gasteiger partial charge in [0, 0.05) is 16.1 Å². The van der Waals surface area contributed by atoms with Gasteiger partial charge in [-0.1, -0.05) is 60.1 Å². The first-order valence-electron chi connectivity index (χ1n) is 8.97. The molecule has 1 heterocycles. The monoisotopic (exact) mass is 440 g/mol. The Hall–Kier alpha value is -3.13. The summed E-state index contributed by atoms with van der Waals surface area (Å²) in [5.74, 6) is 1.15. The van der Waals surface area contributed by atoms with Crippen LogP contribution in [0.3, 0.4) is 0 Å². The third-order valence-electron chi connectivity index (χ3n) is 4.32. The van der Waals surface area contributed by atoms with Crippen LogP contribution in [0.1, 0.15) is 5.89 Å². The zero-order valence-corrected chi connectivity index (χ0v) is 17.2. The molecule has 0 unspecified atom stereocenters. The Bertz CT molecular complexity index is 1290. The molecule has 2 N–H and O–H groups in total. The van der Waals surface area contributed by atoms with Crippen molar-refractivity contribution in [1.82, 2.24) is 4.98 Å². The van der Waals surface area contributed by atoms with Gasteiger partial charge < -0.3 is 9.15 Å². The van der Waals surface area contributed by atoms with Crippen LogP contribution in [0.4, 0.5) is 0 Å². The van der Waals surface area contributed by atoms with Gasteiger partial charge in [-0.25, -0.2) is 18.5 Å². The van der Waals surface area contributed by atoms with Crippen molar-refractivity contribution in [3.63, 3.8) is 0 Å². The minimum Gasteiger partial charge on any atom is -0.484 e. The predicted octanol–water partition coefficient (Wildman–Crippen LogP) is 4.89. The molecule has 30 heavy (non-hydrogen) atoms. The topological polar surface area (TPSA) is 95.4 Å². The first-order chi connectivity index (χ1) is 14.4. The van der Waals surface area contributed by atoms with Gasteiger partial charge in [0.25, 0.3) is 0 Å². The second-order valence-electron chi connectivity index (χ2n) is 6.44. The van der Waals surface area contributed by atoms with E-state index in [0.29, 0.717) is 27.8 Å². The Morgan fingerprint density at radius 3 is 2.43 bits per heavy atom. The van der Waals surface area contributed by atoms with E-state index in [1.165, 1.54) is 6.07 Å². The third kappa shape index (κ3) is 4.38. The van der Waals surface area contributed by atoms with E-state index in [1.807, 2.05) is 30.3 Å². The Kier molecular flexibility index (Phi) is 5.59. The molecule has 0 atom stereocenters. The zero-order valence-electron chi connectivity index (χ0n) is 15.7. The molecule has 0 saturated heterocycles. The number of oxazole rings is 1. The summed E-state index contributed by atoms with van der Waals surface area (Å²) in [6.45, 7) is 0.0394. The highest BCUT2D eigenvalue weighted by Gasteiger charge is 2.23. The Morgan fingerprint density at radius 2 is 1.70 bits per heavy atom. The largest absolute Gasteiger partial charge is 0.484 e. The van der Waals surface area contributed by atoms with E-state index >= 15 is 0 Å². The van der Waals surface area contributed by atoms with E-state index in [2.05, 4.69) is 4.98 Å². The van der Waals surface area contributed by atoms with Gasteiger partial charge in [-0.2, -0.15) is 0 Å². The van der Waals surface area contributed by atoms with Crippen LogP contribution in [0.15, 0.2) is 88.2 Å². The number of hydrogen-bond donors (Lipinski definition) is 1. The van der Waals surface area contributed by atoms with Crippen LogP contribution in [0.2, 0.25) is 5.02 Å². The van der Waals surface area contributed by atoms with E-state index in [4.69, 9.17) is 25.9 Å². The number of nitrogens with two attached hydrogens (primary N) is 1. The van der Waals surface area contributed by atoms with Gasteiger partial charge in [0.1, 0.15) is 11.4 Å². The fourth-order valence-electron chi connectivity index (χ4n) is 3.00. The molecule has 8 heteroatoms. The second kappa shape index (κ2) is 8.31. The van der Waals surface area contributed by atoms with Crippen LogP contribution >= 0.6 is 11.6 Å². The summed E-state index contributed by atoms with van der Waals surface area (Å²) < 4.78 is 35.9. The van der Waals surface area contributed by atoms with Gasteiger partial charge in [0.2, 0.25) is 15.9 Å². The van der Waals surface area contributed by atoms with Gasteiger partial charge in [0.05, 0.1) is 4.90 Å². The lowest BCUT2D eigenvalue weighted by Crippen LogP contribution is -2.13. The number of primary sulfonamides is 1. The summed E-state index contributed by atoms with van der Waals surface area (Å²) in [4.78, 5) is 4.52. The van der Waals surface area contributed by atoms with Gasteiger partial charge in [-0.15, -0.1) is 0 Å². The third-order valence-corrected chi connectivity index (χ3v) is 5.52. The average Bonchev–Trinajstić information content (AvgIpc) is 3.17. The van der Waals surface area contributed by atoms with E-state index in [-0.39, 0.29) is 17.4 Å². The van der Waals surface area contributed by atoms with Gasteiger partial charge in [0.15, 0.2) is 12.4 Å². The van der Waals surface area contributed by atoms with Gasteiger partial charge >= 0.3 is 0 Å². The molecule has 4 aromatic rings. The molecule has 0 saturated carbocycles. The summed E-state index contributed by atoms with van der Waals surface area (Å²) >= 11 is 5.99. The Labute approximate surface area is 178 Å². The number of benzene rings is 3. The number of halogens is 1. The first kappa shape index (κ1) is 20.2. The Balaban J connectivity index is 1.78. The molecule has 0 amide bonds. The molecule has 3 aromatic carbocycles. The number of sulfonamides is 1. The quantitative estimate of drug-likeness (QED) is 0.460. The summed E-state index contributed by atoms with van der Waals surface area (Å²) in [7, 11) is -3.97. The molecule has 0 aliphatic rings. The lowest BCUT2D eigenvalue weighted by molar-refractivity contribution is 0.264. The minimum atomic E-state index is -3.97. The van der Waals surface area contributed by atoms with Crippen molar-refractivity contribution in [3.8, 4) is 28.3 Å². The van der Waals surface area contributed by atoms with E-state index < -0.39 is 10.0 Å². The standard InChI is InChI=1S/C22H17ClN2O4S/c23-16-9-6-10-17(13-16)28-14-20-25-21(15-7-2-1-3-8-15)22(29-20)18-11-4-5-12-19(18)30(24,26)27/h1-13H,14H2,(H2,24,26,27). The van der Waals surface area contributed by atoms with Crippen molar-refractivity contribution < 1.29 is 17.6 Å². The van der Waals surface area contributed by atoms with Crippen molar-refractivity contribution in [2.75, 3.05) is 0 Å². The number of aromatic nitrogens is 1. The molecule has 4 rings (SSSR count). The van der Waals surface area contributed by atoms with Gasteiger partial charge in [-0.05, 0) is 30.3 Å². The van der Waals surface area contributed by atoms with Crippen LogP contribution < -0.4 is 9.88 Å².